The van der Waals surface area contributed by atoms with Crippen molar-refractivity contribution in [2.75, 3.05) is 11.9 Å². The van der Waals surface area contributed by atoms with E-state index >= 15 is 0 Å². The Bertz CT molecular complexity index is 1090. The monoisotopic (exact) mass is 399 g/mol. The van der Waals surface area contributed by atoms with E-state index in [-0.39, 0.29) is 24.4 Å². The summed E-state index contributed by atoms with van der Waals surface area (Å²) >= 11 is 0. The average Bonchev–Trinajstić information content (AvgIpc) is 3.50. The maximum Gasteiger partial charge on any atom is 0.411 e. The fourth-order valence-corrected chi connectivity index (χ4v) is 4.44. The van der Waals surface area contributed by atoms with E-state index in [1.165, 1.54) is 22.3 Å². The lowest BCUT2D eigenvalue weighted by atomic mass is 9.98. The summed E-state index contributed by atoms with van der Waals surface area (Å²) in [4.78, 5) is 23.5. The van der Waals surface area contributed by atoms with E-state index in [4.69, 9.17) is 9.84 Å². The third-order valence-electron chi connectivity index (χ3n) is 6.01. The second kappa shape index (κ2) is 7.34. The normalized spacial score (nSPS) is 18.9. The van der Waals surface area contributed by atoms with E-state index in [1.807, 2.05) is 42.5 Å². The molecule has 1 saturated carbocycles. The lowest BCUT2D eigenvalue weighted by molar-refractivity contribution is -0.138. The molecule has 150 valence electrons. The summed E-state index contributed by atoms with van der Waals surface area (Å²) in [7, 11) is 0. The number of carboxylic acids is 1. The third kappa shape index (κ3) is 3.32. The minimum Gasteiger partial charge on any atom is -0.481 e. The highest BCUT2D eigenvalue weighted by Gasteiger charge is 2.44. The third-order valence-corrected chi connectivity index (χ3v) is 6.01. The molecule has 2 atom stereocenters. The molecule has 2 unspecified atom stereocenters. The number of rotatable bonds is 5. The van der Waals surface area contributed by atoms with Crippen LogP contribution in [0.25, 0.3) is 11.1 Å². The number of nitrogens with one attached hydrogen (secondary N) is 1. The van der Waals surface area contributed by atoms with Crippen molar-refractivity contribution in [1.82, 2.24) is 0 Å². The molecule has 0 saturated heterocycles. The first-order chi connectivity index (χ1) is 14.6. The highest BCUT2D eigenvalue weighted by molar-refractivity contribution is 5.85. The number of carbonyl (C=O) groups excluding carboxylic acids is 1. The van der Waals surface area contributed by atoms with Crippen LogP contribution in [-0.4, -0.2) is 23.8 Å². The topological polar surface area (TPSA) is 75.6 Å². The molecule has 3 aromatic carbocycles. The number of amides is 1. The molecular weight excluding hydrogens is 378 g/mol. The molecule has 2 aliphatic rings. The van der Waals surface area contributed by atoms with E-state index < -0.39 is 12.1 Å². The van der Waals surface area contributed by atoms with Gasteiger partial charge in [-0.3, -0.25) is 10.1 Å². The molecular formula is C25H21NO4. The Balaban J connectivity index is 1.26. The number of carboxylic acid groups (broad SMARTS) is 1. The number of ether oxygens (including phenoxy) is 1. The van der Waals surface area contributed by atoms with Gasteiger partial charge in [0.2, 0.25) is 0 Å². The molecule has 0 bridgehead atoms. The summed E-state index contributed by atoms with van der Waals surface area (Å²) in [6, 6.07) is 23.8. The average molecular weight is 399 g/mol. The quantitative estimate of drug-likeness (QED) is 0.616. The number of anilines is 1. The molecule has 0 spiro atoms. The lowest BCUT2D eigenvalue weighted by Gasteiger charge is -2.15. The Morgan fingerprint density at radius 2 is 1.60 bits per heavy atom. The predicted molar refractivity (Wildman–Crippen MR) is 114 cm³/mol. The van der Waals surface area contributed by atoms with Crippen LogP contribution >= 0.6 is 0 Å². The van der Waals surface area contributed by atoms with Gasteiger partial charge in [0, 0.05) is 11.6 Å². The molecule has 2 N–H and O–H groups in total. The van der Waals surface area contributed by atoms with Gasteiger partial charge in [-0.1, -0.05) is 60.7 Å². The number of aliphatic carboxylic acids is 1. The van der Waals surface area contributed by atoms with Gasteiger partial charge in [-0.15, -0.1) is 0 Å². The molecule has 3 aromatic rings. The summed E-state index contributed by atoms with van der Waals surface area (Å²) < 4.78 is 5.57. The van der Waals surface area contributed by atoms with Crippen molar-refractivity contribution in [3.63, 3.8) is 0 Å². The van der Waals surface area contributed by atoms with Crippen molar-refractivity contribution in [3.8, 4) is 11.1 Å². The van der Waals surface area contributed by atoms with E-state index in [1.54, 1.807) is 6.07 Å². The first-order valence-corrected chi connectivity index (χ1v) is 10.1. The largest absolute Gasteiger partial charge is 0.481 e. The standard InChI is InChI=1S/C25H21NO4/c27-24(28)22-13-21(22)15-6-5-7-16(12-15)26-25(29)30-14-23-19-10-3-1-8-17(19)18-9-2-4-11-20(18)23/h1-12,21-23H,13-14H2,(H,26,29)(H,27,28). The number of benzene rings is 3. The highest BCUT2D eigenvalue weighted by Crippen LogP contribution is 2.48. The number of hydrogen-bond donors (Lipinski definition) is 2. The van der Waals surface area contributed by atoms with Crippen molar-refractivity contribution in [1.29, 1.82) is 0 Å². The molecule has 0 aliphatic heterocycles. The number of hydrogen-bond acceptors (Lipinski definition) is 3. The van der Waals surface area contributed by atoms with Crippen LogP contribution in [0.5, 0.6) is 0 Å². The van der Waals surface area contributed by atoms with Gasteiger partial charge in [0.25, 0.3) is 0 Å². The van der Waals surface area contributed by atoms with E-state index in [9.17, 15) is 9.59 Å². The zero-order chi connectivity index (χ0) is 20.7. The molecule has 0 heterocycles. The van der Waals surface area contributed by atoms with E-state index in [0.717, 1.165) is 5.56 Å². The van der Waals surface area contributed by atoms with E-state index in [0.29, 0.717) is 12.1 Å². The fraction of sp³-hybridized carbons (Fsp3) is 0.200. The second-order valence-corrected chi connectivity index (χ2v) is 7.86. The van der Waals surface area contributed by atoms with Gasteiger partial charge in [-0.05, 0) is 52.3 Å². The maximum absolute atomic E-state index is 12.4. The van der Waals surface area contributed by atoms with Crippen LogP contribution in [0.1, 0.15) is 34.9 Å². The van der Waals surface area contributed by atoms with Crippen LogP contribution in [0.4, 0.5) is 10.5 Å². The fourth-order valence-electron chi connectivity index (χ4n) is 4.44. The first-order valence-electron chi connectivity index (χ1n) is 10.1. The number of fused-ring (bicyclic) bond motifs is 3. The molecule has 1 amide bonds. The Labute approximate surface area is 174 Å². The Hall–Kier alpha value is -3.60. The van der Waals surface area contributed by atoms with Crippen molar-refractivity contribution in [2.45, 2.75) is 18.3 Å². The minimum atomic E-state index is -0.769. The van der Waals surface area contributed by atoms with Crippen molar-refractivity contribution < 1.29 is 19.4 Å². The maximum atomic E-state index is 12.4. The van der Waals surface area contributed by atoms with Crippen LogP contribution in [-0.2, 0) is 9.53 Å². The zero-order valence-electron chi connectivity index (χ0n) is 16.2. The van der Waals surface area contributed by atoms with Crippen molar-refractivity contribution in [2.24, 2.45) is 5.92 Å². The van der Waals surface area contributed by atoms with Crippen LogP contribution in [0, 0.1) is 5.92 Å². The van der Waals surface area contributed by atoms with Gasteiger partial charge in [-0.2, -0.15) is 0 Å². The molecule has 5 rings (SSSR count). The van der Waals surface area contributed by atoms with Gasteiger partial charge < -0.3 is 9.84 Å². The molecule has 0 aromatic heterocycles. The Kier molecular flexibility index (Phi) is 4.51. The summed E-state index contributed by atoms with van der Waals surface area (Å²) in [5.74, 6) is -1.06. The van der Waals surface area contributed by atoms with Crippen LogP contribution < -0.4 is 5.32 Å². The molecule has 1 fully saturated rings. The summed E-state index contributed by atoms with van der Waals surface area (Å²) in [5.41, 5.74) is 6.25. The van der Waals surface area contributed by atoms with Crippen molar-refractivity contribution in [3.05, 3.63) is 89.5 Å². The molecule has 0 radical (unpaired) electrons. The van der Waals surface area contributed by atoms with Gasteiger partial charge in [0.1, 0.15) is 6.61 Å². The van der Waals surface area contributed by atoms with Gasteiger partial charge in [0.15, 0.2) is 0 Å². The predicted octanol–water partition coefficient (Wildman–Crippen LogP) is 5.24. The first kappa shape index (κ1) is 18.4. The number of carbonyl (C=O) groups is 2. The lowest BCUT2D eigenvalue weighted by Crippen LogP contribution is -2.18. The SMILES string of the molecule is O=C(Nc1cccc(C2CC2C(=O)O)c1)OCC1c2ccccc2-c2ccccc21. The smallest absolute Gasteiger partial charge is 0.411 e. The van der Waals surface area contributed by atoms with Crippen LogP contribution in [0.15, 0.2) is 72.8 Å². The van der Waals surface area contributed by atoms with Crippen molar-refractivity contribution >= 4 is 17.7 Å². The van der Waals surface area contributed by atoms with E-state index in [2.05, 4.69) is 29.6 Å². The summed E-state index contributed by atoms with van der Waals surface area (Å²) in [6.07, 6.45) is 0.128. The van der Waals surface area contributed by atoms with Gasteiger partial charge in [-0.25, -0.2) is 4.79 Å². The zero-order valence-corrected chi connectivity index (χ0v) is 16.2. The molecule has 5 heteroatoms. The molecule has 30 heavy (non-hydrogen) atoms. The van der Waals surface area contributed by atoms with Gasteiger partial charge in [0.05, 0.1) is 5.92 Å². The molecule has 5 nitrogen and oxygen atoms in total. The Morgan fingerprint density at radius 1 is 0.933 bits per heavy atom. The second-order valence-electron chi connectivity index (χ2n) is 7.86. The minimum absolute atomic E-state index is 0.0114. The van der Waals surface area contributed by atoms with Gasteiger partial charge >= 0.3 is 12.1 Å². The van der Waals surface area contributed by atoms with Crippen LogP contribution in [0.3, 0.4) is 0 Å². The molecule has 2 aliphatic carbocycles. The summed E-state index contributed by atoms with van der Waals surface area (Å²) in [5, 5.41) is 11.9. The Morgan fingerprint density at radius 3 is 2.23 bits per heavy atom. The van der Waals surface area contributed by atoms with Crippen LogP contribution in [0.2, 0.25) is 0 Å². The highest BCUT2D eigenvalue weighted by atomic mass is 16.5. The summed E-state index contributed by atoms with van der Waals surface area (Å²) in [6.45, 7) is 0.253.